The van der Waals surface area contributed by atoms with Crippen LogP contribution < -0.4 is 10.5 Å². The summed E-state index contributed by atoms with van der Waals surface area (Å²) >= 11 is 0. The summed E-state index contributed by atoms with van der Waals surface area (Å²) in [5.41, 5.74) is 10.1. The van der Waals surface area contributed by atoms with E-state index in [-0.39, 0.29) is 0 Å². The number of aromatic nitrogens is 3. The standard InChI is InChI=1S/C19H18N4O2/c1-24-9-10-25-14-7-8-23-17(12-21-18(23)11-14)16-6-5-13-3-2-4-15(20)19(13)22-16/h2-8,11-12H,9-10,20H2,1H3. The van der Waals surface area contributed by atoms with Gasteiger partial charge in [-0.2, -0.15) is 0 Å². The maximum atomic E-state index is 6.06. The summed E-state index contributed by atoms with van der Waals surface area (Å²) < 4.78 is 12.6. The van der Waals surface area contributed by atoms with E-state index in [4.69, 9.17) is 20.2 Å². The van der Waals surface area contributed by atoms with Crippen LogP contribution in [-0.4, -0.2) is 34.7 Å². The molecule has 0 aliphatic heterocycles. The Morgan fingerprint density at radius 3 is 2.92 bits per heavy atom. The van der Waals surface area contributed by atoms with Crippen molar-refractivity contribution in [2.24, 2.45) is 0 Å². The van der Waals surface area contributed by atoms with Gasteiger partial charge in [-0.05, 0) is 18.2 Å². The van der Waals surface area contributed by atoms with Gasteiger partial charge in [-0.3, -0.25) is 4.40 Å². The number of benzene rings is 1. The Bertz CT molecular complexity index is 1040. The average molecular weight is 334 g/mol. The molecule has 0 saturated carbocycles. The van der Waals surface area contributed by atoms with Crippen molar-refractivity contribution in [2.45, 2.75) is 0 Å². The molecule has 0 aliphatic rings. The maximum absolute atomic E-state index is 6.06. The third-order valence-electron chi connectivity index (χ3n) is 4.05. The van der Waals surface area contributed by atoms with Gasteiger partial charge in [0.15, 0.2) is 0 Å². The second kappa shape index (κ2) is 6.41. The number of methoxy groups -OCH3 is 1. The minimum Gasteiger partial charge on any atom is -0.491 e. The molecule has 1 aromatic carbocycles. The molecule has 0 aliphatic carbocycles. The Morgan fingerprint density at radius 1 is 1.12 bits per heavy atom. The number of anilines is 1. The summed E-state index contributed by atoms with van der Waals surface area (Å²) in [6, 6.07) is 13.6. The zero-order chi connectivity index (χ0) is 17.2. The SMILES string of the molecule is COCCOc1ccn2c(-c3ccc4cccc(N)c4n3)cnc2c1. The van der Waals surface area contributed by atoms with Gasteiger partial charge in [0.25, 0.3) is 0 Å². The highest BCUT2D eigenvalue weighted by Crippen LogP contribution is 2.26. The molecule has 0 saturated heterocycles. The highest BCUT2D eigenvalue weighted by molar-refractivity contribution is 5.90. The van der Waals surface area contributed by atoms with Gasteiger partial charge in [0.05, 0.1) is 35.4 Å². The van der Waals surface area contributed by atoms with Gasteiger partial charge in [-0.25, -0.2) is 9.97 Å². The van der Waals surface area contributed by atoms with Crippen molar-refractivity contribution in [3.63, 3.8) is 0 Å². The van der Waals surface area contributed by atoms with Crippen LogP contribution in [0.1, 0.15) is 0 Å². The molecule has 6 nitrogen and oxygen atoms in total. The van der Waals surface area contributed by atoms with Crippen LogP contribution in [0, 0.1) is 0 Å². The number of ether oxygens (including phenoxy) is 2. The quantitative estimate of drug-likeness (QED) is 0.448. The van der Waals surface area contributed by atoms with E-state index in [1.807, 2.05) is 59.3 Å². The van der Waals surface area contributed by atoms with E-state index >= 15 is 0 Å². The lowest BCUT2D eigenvalue weighted by Gasteiger charge is -2.07. The van der Waals surface area contributed by atoms with E-state index in [1.165, 1.54) is 0 Å². The second-order valence-corrected chi connectivity index (χ2v) is 5.69. The zero-order valence-electron chi connectivity index (χ0n) is 13.8. The molecule has 3 aromatic heterocycles. The summed E-state index contributed by atoms with van der Waals surface area (Å²) in [6.07, 6.45) is 3.74. The van der Waals surface area contributed by atoms with Crippen LogP contribution in [0.4, 0.5) is 5.69 Å². The smallest absolute Gasteiger partial charge is 0.140 e. The molecule has 3 heterocycles. The molecule has 0 unspecified atom stereocenters. The highest BCUT2D eigenvalue weighted by atomic mass is 16.5. The molecule has 0 amide bonds. The lowest BCUT2D eigenvalue weighted by Crippen LogP contribution is -2.04. The van der Waals surface area contributed by atoms with Crippen molar-refractivity contribution in [3.05, 3.63) is 54.9 Å². The minimum atomic E-state index is 0.506. The Kier molecular flexibility index (Phi) is 3.95. The van der Waals surface area contributed by atoms with Crippen molar-refractivity contribution in [3.8, 4) is 17.1 Å². The van der Waals surface area contributed by atoms with E-state index in [1.54, 1.807) is 7.11 Å². The first-order valence-corrected chi connectivity index (χ1v) is 8.01. The van der Waals surface area contributed by atoms with Gasteiger partial charge in [-0.15, -0.1) is 0 Å². The lowest BCUT2D eigenvalue weighted by atomic mass is 10.1. The average Bonchev–Trinajstić information content (AvgIpc) is 3.05. The number of pyridine rings is 2. The number of para-hydroxylation sites is 1. The molecular formula is C19H18N4O2. The van der Waals surface area contributed by atoms with Crippen LogP contribution >= 0.6 is 0 Å². The number of rotatable bonds is 5. The number of nitrogen functional groups attached to an aromatic ring is 1. The molecule has 0 atom stereocenters. The van der Waals surface area contributed by atoms with Crippen LogP contribution in [0.5, 0.6) is 5.75 Å². The number of hydrogen-bond donors (Lipinski definition) is 1. The minimum absolute atomic E-state index is 0.506. The van der Waals surface area contributed by atoms with Gasteiger partial charge in [-0.1, -0.05) is 18.2 Å². The summed E-state index contributed by atoms with van der Waals surface area (Å²) in [5, 5.41) is 1.02. The van der Waals surface area contributed by atoms with Crippen LogP contribution in [0.25, 0.3) is 27.9 Å². The van der Waals surface area contributed by atoms with Gasteiger partial charge < -0.3 is 15.2 Å². The van der Waals surface area contributed by atoms with Crippen molar-refractivity contribution < 1.29 is 9.47 Å². The number of nitrogens with zero attached hydrogens (tertiary/aromatic N) is 3. The number of hydrogen-bond acceptors (Lipinski definition) is 5. The van der Waals surface area contributed by atoms with Crippen molar-refractivity contribution in [1.29, 1.82) is 0 Å². The maximum Gasteiger partial charge on any atom is 0.140 e. The summed E-state index contributed by atoms with van der Waals surface area (Å²) in [4.78, 5) is 9.18. The number of nitrogens with two attached hydrogens (primary N) is 1. The van der Waals surface area contributed by atoms with Crippen LogP contribution in [-0.2, 0) is 4.74 Å². The van der Waals surface area contributed by atoms with Crippen LogP contribution in [0.2, 0.25) is 0 Å². The molecule has 25 heavy (non-hydrogen) atoms. The van der Waals surface area contributed by atoms with Gasteiger partial charge in [0, 0.05) is 24.8 Å². The summed E-state index contributed by atoms with van der Waals surface area (Å²) in [5.74, 6) is 0.761. The first-order valence-electron chi connectivity index (χ1n) is 8.01. The van der Waals surface area contributed by atoms with E-state index in [0.717, 1.165) is 33.7 Å². The number of fused-ring (bicyclic) bond motifs is 2. The van der Waals surface area contributed by atoms with Crippen molar-refractivity contribution in [2.75, 3.05) is 26.1 Å². The third kappa shape index (κ3) is 2.88. The number of imidazole rings is 1. The third-order valence-corrected chi connectivity index (χ3v) is 4.05. The molecule has 4 aromatic rings. The van der Waals surface area contributed by atoms with Crippen LogP contribution in [0.3, 0.4) is 0 Å². The molecule has 126 valence electrons. The summed E-state index contributed by atoms with van der Waals surface area (Å²) in [7, 11) is 1.65. The predicted octanol–water partition coefficient (Wildman–Crippen LogP) is 3.16. The zero-order valence-corrected chi connectivity index (χ0v) is 13.8. The normalized spacial score (nSPS) is 11.2. The molecule has 2 N–H and O–H groups in total. The van der Waals surface area contributed by atoms with Crippen molar-refractivity contribution in [1.82, 2.24) is 14.4 Å². The Morgan fingerprint density at radius 2 is 2.04 bits per heavy atom. The van der Waals surface area contributed by atoms with Gasteiger partial charge >= 0.3 is 0 Å². The molecule has 4 rings (SSSR count). The first-order chi connectivity index (χ1) is 12.3. The predicted molar refractivity (Wildman–Crippen MR) is 97.7 cm³/mol. The summed E-state index contributed by atoms with van der Waals surface area (Å²) in [6.45, 7) is 1.05. The molecule has 6 heteroatoms. The second-order valence-electron chi connectivity index (χ2n) is 5.69. The largest absolute Gasteiger partial charge is 0.491 e. The first kappa shape index (κ1) is 15.4. The van der Waals surface area contributed by atoms with Crippen molar-refractivity contribution >= 4 is 22.2 Å². The van der Waals surface area contributed by atoms with E-state index in [9.17, 15) is 0 Å². The monoisotopic (exact) mass is 334 g/mol. The molecular weight excluding hydrogens is 316 g/mol. The highest BCUT2D eigenvalue weighted by Gasteiger charge is 2.10. The fourth-order valence-corrected chi connectivity index (χ4v) is 2.80. The Labute approximate surface area is 144 Å². The fourth-order valence-electron chi connectivity index (χ4n) is 2.80. The van der Waals surface area contributed by atoms with Gasteiger partial charge in [0.2, 0.25) is 0 Å². The lowest BCUT2D eigenvalue weighted by molar-refractivity contribution is 0.146. The van der Waals surface area contributed by atoms with E-state index < -0.39 is 0 Å². The Hall–Kier alpha value is -3.12. The van der Waals surface area contributed by atoms with Crippen LogP contribution in [0.15, 0.2) is 54.9 Å². The molecule has 0 bridgehead atoms. The van der Waals surface area contributed by atoms with E-state index in [0.29, 0.717) is 18.9 Å². The Balaban J connectivity index is 1.73. The molecule has 0 fully saturated rings. The molecule has 0 spiro atoms. The fraction of sp³-hybridized carbons (Fsp3) is 0.158. The van der Waals surface area contributed by atoms with Gasteiger partial charge in [0.1, 0.15) is 18.0 Å². The molecule has 0 radical (unpaired) electrons. The van der Waals surface area contributed by atoms with E-state index in [2.05, 4.69) is 4.98 Å². The topological polar surface area (TPSA) is 74.7 Å².